The van der Waals surface area contributed by atoms with Crippen molar-refractivity contribution < 1.29 is 9.59 Å². The number of carbonyl (C=O) groups is 2. The van der Waals surface area contributed by atoms with E-state index in [2.05, 4.69) is 10.3 Å². The molecule has 1 aliphatic rings. The van der Waals surface area contributed by atoms with Crippen molar-refractivity contribution in [2.45, 2.75) is 38.6 Å². The first-order valence-corrected chi connectivity index (χ1v) is 9.00. The zero-order valence-corrected chi connectivity index (χ0v) is 14.5. The van der Waals surface area contributed by atoms with Crippen molar-refractivity contribution in [3.8, 4) is 10.4 Å². The first-order valence-electron chi connectivity index (χ1n) is 8.19. The average Bonchev–Trinajstić information content (AvgIpc) is 2.98. The minimum Gasteiger partial charge on any atom is -0.366 e. The van der Waals surface area contributed by atoms with Crippen molar-refractivity contribution in [3.05, 3.63) is 40.5 Å². The number of nitrogens with two attached hydrogens (primary N) is 1. The summed E-state index contributed by atoms with van der Waals surface area (Å²) in [4.78, 5) is 29.4. The number of primary amides is 1. The molecule has 5 nitrogen and oxygen atoms in total. The molecule has 3 N–H and O–H groups in total. The highest BCUT2D eigenvalue weighted by atomic mass is 32.1. The maximum Gasteiger partial charge on any atom is 0.248 e. The number of hydrogen-bond acceptors (Lipinski definition) is 5. The van der Waals surface area contributed by atoms with E-state index in [-0.39, 0.29) is 11.8 Å². The summed E-state index contributed by atoms with van der Waals surface area (Å²) in [5, 5.41) is 4.25. The fourth-order valence-electron chi connectivity index (χ4n) is 3.04. The van der Waals surface area contributed by atoms with Crippen LogP contribution in [-0.2, 0) is 0 Å². The number of amides is 1. The topological polar surface area (TPSA) is 85.1 Å². The number of aromatic nitrogens is 1. The SMILES string of the molecule is Cc1nc(C(=O)CC2CCCCN2)c(-c2cccc(C(N)=O)c2)s1. The van der Waals surface area contributed by atoms with Crippen molar-refractivity contribution >= 4 is 23.0 Å². The highest BCUT2D eigenvalue weighted by molar-refractivity contribution is 7.15. The van der Waals surface area contributed by atoms with Crippen LogP contribution in [0.5, 0.6) is 0 Å². The molecule has 1 fully saturated rings. The smallest absolute Gasteiger partial charge is 0.248 e. The Morgan fingerprint density at radius 3 is 2.92 bits per heavy atom. The molecule has 2 heterocycles. The third-order valence-corrected chi connectivity index (χ3v) is 5.27. The van der Waals surface area contributed by atoms with Crippen molar-refractivity contribution in [3.63, 3.8) is 0 Å². The van der Waals surface area contributed by atoms with E-state index in [9.17, 15) is 9.59 Å². The van der Waals surface area contributed by atoms with Gasteiger partial charge < -0.3 is 11.1 Å². The van der Waals surface area contributed by atoms with Gasteiger partial charge in [0.1, 0.15) is 5.69 Å². The van der Waals surface area contributed by atoms with Crippen LogP contribution in [0.1, 0.15) is 51.5 Å². The molecule has 2 aromatic rings. The molecule has 1 atom stereocenters. The maximum atomic E-state index is 12.8. The second-order valence-corrected chi connectivity index (χ2v) is 7.33. The van der Waals surface area contributed by atoms with Gasteiger partial charge in [-0.3, -0.25) is 9.59 Å². The molecule has 0 aliphatic carbocycles. The van der Waals surface area contributed by atoms with E-state index in [0.717, 1.165) is 34.8 Å². The Bertz CT molecular complexity index is 763. The van der Waals surface area contributed by atoms with Gasteiger partial charge in [-0.25, -0.2) is 4.98 Å². The predicted molar refractivity (Wildman–Crippen MR) is 95.4 cm³/mol. The van der Waals surface area contributed by atoms with Crippen LogP contribution in [0.25, 0.3) is 10.4 Å². The van der Waals surface area contributed by atoms with Gasteiger partial charge in [0.05, 0.1) is 9.88 Å². The zero-order valence-electron chi connectivity index (χ0n) is 13.7. The summed E-state index contributed by atoms with van der Waals surface area (Å²) >= 11 is 1.47. The molecule has 1 aromatic carbocycles. The average molecular weight is 343 g/mol. The summed E-state index contributed by atoms with van der Waals surface area (Å²) in [5.74, 6) is -0.421. The van der Waals surface area contributed by atoms with Gasteiger partial charge in [0, 0.05) is 18.0 Å². The standard InChI is InChI=1S/C18H21N3O2S/c1-11-21-16(15(22)10-14-7-2-3-8-20-14)17(24-11)12-5-4-6-13(9-12)18(19)23/h4-6,9,14,20H,2-3,7-8,10H2,1H3,(H2,19,23). The number of thiazole rings is 1. The molecular formula is C18H21N3O2S. The molecule has 1 amide bonds. The number of rotatable bonds is 5. The van der Waals surface area contributed by atoms with E-state index in [0.29, 0.717) is 17.7 Å². The van der Waals surface area contributed by atoms with Crippen molar-refractivity contribution in [1.82, 2.24) is 10.3 Å². The minimum atomic E-state index is -0.475. The van der Waals surface area contributed by atoms with Crippen LogP contribution in [0.4, 0.5) is 0 Å². The molecule has 126 valence electrons. The van der Waals surface area contributed by atoms with Crippen molar-refractivity contribution in [2.24, 2.45) is 5.73 Å². The van der Waals surface area contributed by atoms with Gasteiger partial charge in [-0.2, -0.15) is 0 Å². The number of ketones is 1. The van der Waals surface area contributed by atoms with E-state index in [1.54, 1.807) is 18.2 Å². The summed E-state index contributed by atoms with van der Waals surface area (Å²) in [6.07, 6.45) is 3.83. The van der Waals surface area contributed by atoms with E-state index in [1.165, 1.54) is 17.8 Å². The van der Waals surface area contributed by atoms with Crippen LogP contribution in [0.15, 0.2) is 24.3 Å². The maximum absolute atomic E-state index is 12.8. The molecule has 0 spiro atoms. The van der Waals surface area contributed by atoms with Gasteiger partial charge >= 0.3 is 0 Å². The first-order chi connectivity index (χ1) is 11.5. The molecule has 3 rings (SSSR count). The molecule has 0 bridgehead atoms. The van der Waals surface area contributed by atoms with Gasteiger partial charge in [0.2, 0.25) is 5.91 Å². The third-order valence-electron chi connectivity index (χ3n) is 4.25. The van der Waals surface area contributed by atoms with Crippen LogP contribution >= 0.6 is 11.3 Å². The minimum absolute atomic E-state index is 0.0539. The van der Waals surface area contributed by atoms with Crippen LogP contribution in [-0.4, -0.2) is 29.3 Å². The van der Waals surface area contributed by atoms with Gasteiger partial charge in [0.15, 0.2) is 5.78 Å². The molecule has 1 saturated heterocycles. The van der Waals surface area contributed by atoms with Crippen LogP contribution in [0.2, 0.25) is 0 Å². The monoisotopic (exact) mass is 343 g/mol. The van der Waals surface area contributed by atoms with Crippen LogP contribution < -0.4 is 11.1 Å². The summed E-state index contributed by atoms with van der Waals surface area (Å²) in [6, 6.07) is 7.30. The normalized spacial score (nSPS) is 17.6. The fraction of sp³-hybridized carbons (Fsp3) is 0.389. The Morgan fingerprint density at radius 2 is 2.21 bits per heavy atom. The summed E-state index contributed by atoms with van der Waals surface area (Å²) in [6.45, 7) is 2.86. The molecule has 24 heavy (non-hydrogen) atoms. The number of piperidine rings is 1. The van der Waals surface area contributed by atoms with Gasteiger partial charge in [0.25, 0.3) is 0 Å². The molecule has 1 unspecified atom stereocenters. The van der Waals surface area contributed by atoms with Crippen molar-refractivity contribution in [1.29, 1.82) is 0 Å². The summed E-state index contributed by atoms with van der Waals surface area (Å²) in [5.41, 5.74) is 7.12. The van der Waals surface area contributed by atoms with E-state index in [1.807, 2.05) is 13.0 Å². The molecule has 0 radical (unpaired) electrons. The first kappa shape index (κ1) is 16.8. The van der Waals surface area contributed by atoms with Gasteiger partial charge in [-0.15, -0.1) is 11.3 Å². The molecule has 0 saturated carbocycles. The van der Waals surface area contributed by atoms with Crippen molar-refractivity contribution in [2.75, 3.05) is 6.54 Å². The number of benzene rings is 1. The lowest BCUT2D eigenvalue weighted by Gasteiger charge is -2.22. The third kappa shape index (κ3) is 3.71. The highest BCUT2D eigenvalue weighted by Gasteiger charge is 2.23. The fourth-order valence-corrected chi connectivity index (χ4v) is 3.98. The van der Waals surface area contributed by atoms with E-state index in [4.69, 9.17) is 5.73 Å². The van der Waals surface area contributed by atoms with Gasteiger partial charge in [-0.1, -0.05) is 18.6 Å². The summed E-state index contributed by atoms with van der Waals surface area (Å²) in [7, 11) is 0. The number of hydrogen-bond donors (Lipinski definition) is 2. The van der Waals surface area contributed by atoms with E-state index >= 15 is 0 Å². The largest absolute Gasteiger partial charge is 0.366 e. The lowest BCUT2D eigenvalue weighted by molar-refractivity contribution is 0.0958. The number of nitrogens with zero attached hydrogens (tertiary/aromatic N) is 1. The number of aryl methyl sites for hydroxylation is 1. The molecule has 6 heteroatoms. The number of carbonyl (C=O) groups excluding carboxylic acids is 2. The quantitative estimate of drug-likeness (QED) is 0.818. The Morgan fingerprint density at radius 1 is 1.38 bits per heavy atom. The molecule has 1 aromatic heterocycles. The highest BCUT2D eigenvalue weighted by Crippen LogP contribution is 2.32. The zero-order chi connectivity index (χ0) is 17.1. The second kappa shape index (κ2) is 7.23. The number of nitrogens with one attached hydrogen (secondary N) is 1. The van der Waals surface area contributed by atoms with Gasteiger partial charge in [-0.05, 0) is 44.0 Å². The Kier molecular flexibility index (Phi) is 5.06. The van der Waals surface area contributed by atoms with Crippen LogP contribution in [0.3, 0.4) is 0 Å². The molecular weight excluding hydrogens is 322 g/mol. The van der Waals surface area contributed by atoms with Crippen LogP contribution in [0, 0.1) is 6.92 Å². The second-order valence-electron chi connectivity index (χ2n) is 6.13. The Balaban J connectivity index is 1.88. The Labute approximate surface area is 145 Å². The Hall–Kier alpha value is -2.05. The van der Waals surface area contributed by atoms with E-state index < -0.39 is 5.91 Å². The summed E-state index contributed by atoms with van der Waals surface area (Å²) < 4.78 is 0. The lowest BCUT2D eigenvalue weighted by Crippen LogP contribution is -2.35. The predicted octanol–water partition coefficient (Wildman–Crippen LogP) is 2.93. The lowest BCUT2D eigenvalue weighted by atomic mass is 9.97. The number of Topliss-reactive ketones (excluding diaryl/α,β-unsaturated/α-hetero) is 1. The molecule has 1 aliphatic heterocycles.